The summed E-state index contributed by atoms with van der Waals surface area (Å²) in [5, 5.41) is 3.65. The molecule has 1 amide bonds. The summed E-state index contributed by atoms with van der Waals surface area (Å²) in [6.07, 6.45) is 1.77. The van der Waals surface area contributed by atoms with E-state index in [1.807, 2.05) is 38.1 Å². The third-order valence-corrected chi connectivity index (χ3v) is 6.78. The average Bonchev–Trinajstić information content (AvgIpc) is 2.85. The number of thioether (sulfide) groups is 1. The van der Waals surface area contributed by atoms with E-state index in [9.17, 15) is 4.79 Å². The molecule has 1 saturated heterocycles. The number of rotatable bonds is 7. The number of hydrogen-bond donors (Lipinski definition) is 1. The monoisotopic (exact) mass is 477 g/mol. The number of ether oxygens (including phenoxy) is 1. The summed E-state index contributed by atoms with van der Waals surface area (Å²) in [6.45, 7) is 9.56. The van der Waals surface area contributed by atoms with E-state index in [0.29, 0.717) is 5.16 Å². The lowest BCUT2D eigenvalue weighted by atomic mass is 10.1. The predicted octanol–water partition coefficient (Wildman–Crippen LogP) is 4.47. The molecule has 1 fully saturated rings. The molecule has 0 aliphatic carbocycles. The Morgan fingerprint density at radius 2 is 1.71 bits per heavy atom. The van der Waals surface area contributed by atoms with Gasteiger partial charge in [-0.15, -0.1) is 0 Å². The van der Waals surface area contributed by atoms with Gasteiger partial charge in [-0.1, -0.05) is 41.6 Å². The zero-order valence-corrected chi connectivity index (χ0v) is 21.0. The summed E-state index contributed by atoms with van der Waals surface area (Å²) >= 11 is 1.36. The number of para-hydroxylation sites is 2. The van der Waals surface area contributed by atoms with E-state index in [1.54, 1.807) is 13.3 Å². The van der Waals surface area contributed by atoms with Crippen LogP contribution in [0.25, 0.3) is 0 Å². The Labute approximate surface area is 205 Å². The van der Waals surface area contributed by atoms with Gasteiger partial charge in [0.2, 0.25) is 5.91 Å². The maximum absolute atomic E-state index is 12.6. The van der Waals surface area contributed by atoms with Gasteiger partial charge in [-0.05, 0) is 50.1 Å². The van der Waals surface area contributed by atoms with Crippen LogP contribution in [0.15, 0.2) is 53.8 Å². The number of carbonyl (C=O) groups is 1. The second-order valence-corrected chi connectivity index (χ2v) is 9.40. The van der Waals surface area contributed by atoms with Crippen LogP contribution in [0.4, 0.5) is 17.2 Å². The van der Waals surface area contributed by atoms with Gasteiger partial charge in [0, 0.05) is 38.1 Å². The zero-order chi connectivity index (χ0) is 24.1. The first-order valence-electron chi connectivity index (χ1n) is 11.4. The molecule has 8 heteroatoms. The second-order valence-electron chi connectivity index (χ2n) is 8.45. The number of aryl methyl sites for hydroxylation is 3. The van der Waals surface area contributed by atoms with Gasteiger partial charge in [0.05, 0.1) is 18.6 Å². The van der Waals surface area contributed by atoms with E-state index in [1.165, 1.54) is 17.3 Å². The van der Waals surface area contributed by atoms with Crippen LogP contribution in [-0.2, 0) is 4.79 Å². The molecule has 0 atom stereocenters. The highest BCUT2D eigenvalue weighted by Gasteiger charge is 2.21. The van der Waals surface area contributed by atoms with E-state index in [2.05, 4.69) is 45.2 Å². The molecule has 2 aromatic carbocycles. The summed E-state index contributed by atoms with van der Waals surface area (Å²) < 4.78 is 5.52. The summed E-state index contributed by atoms with van der Waals surface area (Å²) in [5.41, 5.74) is 5.34. The Morgan fingerprint density at radius 1 is 1.03 bits per heavy atom. The van der Waals surface area contributed by atoms with Crippen LogP contribution in [0.2, 0.25) is 0 Å². The minimum absolute atomic E-state index is 0.0560. The molecule has 178 valence electrons. The van der Waals surface area contributed by atoms with Crippen LogP contribution >= 0.6 is 11.8 Å². The summed E-state index contributed by atoms with van der Waals surface area (Å²) in [5.74, 6) is 1.99. The Morgan fingerprint density at radius 3 is 2.41 bits per heavy atom. The molecule has 1 aliphatic heterocycles. The SMILES string of the molecule is COc1ccccc1N1CCN(c2ccnc(SCC(=O)Nc3c(C)cc(C)cc3C)n2)CC1. The predicted molar refractivity (Wildman–Crippen MR) is 139 cm³/mol. The number of nitrogens with one attached hydrogen (secondary N) is 1. The molecular weight excluding hydrogens is 446 g/mol. The van der Waals surface area contributed by atoms with Crippen molar-refractivity contribution < 1.29 is 9.53 Å². The molecular formula is C26H31N5O2S. The lowest BCUT2D eigenvalue weighted by molar-refractivity contribution is -0.113. The lowest BCUT2D eigenvalue weighted by Crippen LogP contribution is -2.47. The first-order valence-corrected chi connectivity index (χ1v) is 12.4. The standard InChI is InChI=1S/C26H31N5O2S/c1-18-15-19(2)25(20(3)16-18)29-24(32)17-34-26-27-10-9-23(28-26)31-13-11-30(12-14-31)21-7-5-6-8-22(21)33-4/h5-10,15-16H,11-14,17H2,1-4H3,(H,29,32). The third-order valence-electron chi connectivity index (χ3n) is 5.92. The number of benzene rings is 2. The third kappa shape index (κ3) is 5.62. The maximum atomic E-state index is 12.6. The van der Waals surface area contributed by atoms with Gasteiger partial charge in [0.25, 0.3) is 0 Å². The van der Waals surface area contributed by atoms with E-state index < -0.39 is 0 Å². The van der Waals surface area contributed by atoms with Crippen LogP contribution in [0, 0.1) is 20.8 Å². The molecule has 1 aliphatic rings. The number of piperazine rings is 1. The minimum atomic E-state index is -0.0560. The smallest absolute Gasteiger partial charge is 0.234 e. The highest BCUT2D eigenvalue weighted by atomic mass is 32.2. The molecule has 4 rings (SSSR count). The number of amides is 1. The highest BCUT2D eigenvalue weighted by Crippen LogP contribution is 2.29. The molecule has 0 unspecified atom stereocenters. The summed E-state index contributed by atoms with van der Waals surface area (Å²) in [7, 11) is 1.71. The largest absolute Gasteiger partial charge is 0.495 e. The highest BCUT2D eigenvalue weighted by molar-refractivity contribution is 7.99. The van der Waals surface area contributed by atoms with Crippen molar-refractivity contribution in [2.75, 3.05) is 54.2 Å². The van der Waals surface area contributed by atoms with Crippen molar-refractivity contribution in [2.24, 2.45) is 0 Å². The van der Waals surface area contributed by atoms with Crippen molar-refractivity contribution in [3.63, 3.8) is 0 Å². The summed E-state index contributed by atoms with van der Waals surface area (Å²) in [6, 6.07) is 14.2. The van der Waals surface area contributed by atoms with Crippen molar-refractivity contribution in [3.8, 4) is 5.75 Å². The zero-order valence-electron chi connectivity index (χ0n) is 20.2. The molecule has 1 aromatic heterocycles. The van der Waals surface area contributed by atoms with Crippen LogP contribution in [0.1, 0.15) is 16.7 Å². The fourth-order valence-electron chi connectivity index (χ4n) is 4.33. The molecule has 0 bridgehead atoms. The minimum Gasteiger partial charge on any atom is -0.495 e. The number of methoxy groups -OCH3 is 1. The van der Waals surface area contributed by atoms with Crippen LogP contribution in [0.5, 0.6) is 5.75 Å². The van der Waals surface area contributed by atoms with Crippen molar-refractivity contribution >= 4 is 34.9 Å². The van der Waals surface area contributed by atoms with Gasteiger partial charge >= 0.3 is 0 Å². The van der Waals surface area contributed by atoms with Crippen LogP contribution in [-0.4, -0.2) is 54.9 Å². The Balaban J connectivity index is 1.33. The van der Waals surface area contributed by atoms with Gasteiger partial charge in [-0.2, -0.15) is 0 Å². The number of nitrogens with zero attached hydrogens (tertiary/aromatic N) is 4. The average molecular weight is 478 g/mol. The van der Waals surface area contributed by atoms with Gasteiger partial charge < -0.3 is 19.9 Å². The number of carbonyl (C=O) groups excluding carboxylic acids is 1. The fraction of sp³-hybridized carbons (Fsp3) is 0.346. The second kappa shape index (κ2) is 10.8. The van der Waals surface area contributed by atoms with Gasteiger partial charge in [0.1, 0.15) is 11.6 Å². The van der Waals surface area contributed by atoms with Gasteiger partial charge in [-0.3, -0.25) is 4.79 Å². The first kappa shape index (κ1) is 23.9. The van der Waals surface area contributed by atoms with Crippen molar-refractivity contribution in [1.29, 1.82) is 0 Å². The van der Waals surface area contributed by atoms with E-state index in [0.717, 1.165) is 60.2 Å². The van der Waals surface area contributed by atoms with Gasteiger partial charge in [-0.25, -0.2) is 9.97 Å². The van der Waals surface area contributed by atoms with E-state index >= 15 is 0 Å². The molecule has 2 heterocycles. The number of hydrogen-bond acceptors (Lipinski definition) is 7. The normalized spacial score (nSPS) is 13.6. The quantitative estimate of drug-likeness (QED) is 0.398. The van der Waals surface area contributed by atoms with E-state index in [-0.39, 0.29) is 11.7 Å². The van der Waals surface area contributed by atoms with E-state index in [4.69, 9.17) is 9.72 Å². The Bertz CT molecular complexity index is 1140. The first-order chi connectivity index (χ1) is 16.4. The molecule has 34 heavy (non-hydrogen) atoms. The molecule has 1 N–H and O–H groups in total. The topological polar surface area (TPSA) is 70.6 Å². The lowest BCUT2D eigenvalue weighted by Gasteiger charge is -2.37. The number of anilines is 3. The van der Waals surface area contributed by atoms with Crippen molar-refractivity contribution in [3.05, 3.63) is 65.4 Å². The molecule has 0 saturated carbocycles. The number of aromatic nitrogens is 2. The van der Waals surface area contributed by atoms with Crippen molar-refractivity contribution in [1.82, 2.24) is 9.97 Å². The molecule has 0 radical (unpaired) electrons. The Kier molecular flexibility index (Phi) is 7.57. The molecule has 3 aromatic rings. The maximum Gasteiger partial charge on any atom is 0.234 e. The van der Waals surface area contributed by atoms with Crippen LogP contribution in [0.3, 0.4) is 0 Å². The molecule has 7 nitrogen and oxygen atoms in total. The van der Waals surface area contributed by atoms with Gasteiger partial charge in [0.15, 0.2) is 5.16 Å². The van der Waals surface area contributed by atoms with Crippen molar-refractivity contribution in [2.45, 2.75) is 25.9 Å². The fourth-order valence-corrected chi connectivity index (χ4v) is 4.95. The van der Waals surface area contributed by atoms with Crippen LogP contribution < -0.4 is 19.9 Å². The Hall–Kier alpha value is -3.26. The summed E-state index contributed by atoms with van der Waals surface area (Å²) in [4.78, 5) is 26.2. The molecule has 0 spiro atoms.